The average molecular weight is 261 g/mol. The minimum atomic E-state index is -0.412. The maximum Gasteiger partial charge on any atom is 0.250 e. The van der Waals surface area contributed by atoms with E-state index in [-0.39, 0.29) is 0 Å². The number of carbonyl (C=O) groups excluding carboxylic acids is 1. The largest absolute Gasteiger partial charge is 0.399 e. The molecule has 19 heavy (non-hydrogen) atoms. The molecular formula is C15H23N3O. The molecule has 1 aliphatic rings. The number of primary amides is 1. The van der Waals surface area contributed by atoms with E-state index in [2.05, 4.69) is 12.2 Å². The van der Waals surface area contributed by atoms with Crippen molar-refractivity contribution in [3.63, 3.8) is 0 Å². The molecule has 1 aromatic rings. The van der Waals surface area contributed by atoms with Gasteiger partial charge in [0.1, 0.15) is 0 Å². The summed E-state index contributed by atoms with van der Waals surface area (Å²) in [5.74, 6) is 0.444. The Bertz CT molecular complexity index is 451. The van der Waals surface area contributed by atoms with E-state index in [9.17, 15) is 4.79 Å². The molecule has 0 unspecified atom stereocenters. The summed E-state index contributed by atoms with van der Waals surface area (Å²) in [7, 11) is 0. The molecule has 5 N–H and O–H groups in total. The Balaban J connectivity index is 2.06. The summed E-state index contributed by atoms with van der Waals surface area (Å²) in [6, 6.07) is 5.62. The van der Waals surface area contributed by atoms with Crippen LogP contribution < -0.4 is 16.8 Å². The second-order valence-corrected chi connectivity index (χ2v) is 5.44. The van der Waals surface area contributed by atoms with Crippen LogP contribution in [-0.4, -0.2) is 11.9 Å². The minimum Gasteiger partial charge on any atom is -0.399 e. The monoisotopic (exact) mass is 261 g/mol. The second kappa shape index (κ2) is 5.95. The van der Waals surface area contributed by atoms with Gasteiger partial charge in [-0.2, -0.15) is 0 Å². The van der Waals surface area contributed by atoms with Gasteiger partial charge in [-0.1, -0.05) is 13.3 Å². The predicted molar refractivity (Wildman–Crippen MR) is 79.0 cm³/mol. The van der Waals surface area contributed by atoms with Crippen LogP contribution in [-0.2, 0) is 0 Å². The molecule has 1 fully saturated rings. The van der Waals surface area contributed by atoms with Crippen LogP contribution in [0.25, 0.3) is 0 Å². The van der Waals surface area contributed by atoms with Crippen molar-refractivity contribution < 1.29 is 4.79 Å². The number of benzene rings is 1. The SMILES string of the molecule is CCC1CCC(Nc2cc(N)ccc2C(N)=O)CC1. The summed E-state index contributed by atoms with van der Waals surface area (Å²) in [6.07, 6.45) is 6.05. The van der Waals surface area contributed by atoms with Gasteiger partial charge in [-0.25, -0.2) is 0 Å². The van der Waals surface area contributed by atoms with Crippen molar-refractivity contribution in [3.05, 3.63) is 23.8 Å². The molecule has 4 heteroatoms. The molecule has 104 valence electrons. The highest BCUT2D eigenvalue weighted by atomic mass is 16.1. The summed E-state index contributed by atoms with van der Waals surface area (Å²) >= 11 is 0. The molecule has 4 nitrogen and oxygen atoms in total. The molecule has 0 bridgehead atoms. The summed E-state index contributed by atoms with van der Waals surface area (Å²) in [5.41, 5.74) is 13.1. The number of hydrogen-bond donors (Lipinski definition) is 3. The molecule has 0 radical (unpaired) electrons. The van der Waals surface area contributed by atoms with Crippen molar-refractivity contribution in [2.24, 2.45) is 11.7 Å². The molecule has 2 rings (SSSR count). The van der Waals surface area contributed by atoms with Crippen LogP contribution in [0, 0.1) is 5.92 Å². The quantitative estimate of drug-likeness (QED) is 0.729. The Hall–Kier alpha value is -1.71. The fourth-order valence-corrected chi connectivity index (χ4v) is 2.83. The molecule has 1 amide bonds. The number of nitrogens with one attached hydrogen (secondary N) is 1. The van der Waals surface area contributed by atoms with Gasteiger partial charge in [-0.05, 0) is 49.8 Å². The standard InChI is InChI=1S/C15H23N3O/c1-2-10-3-6-12(7-4-10)18-14-9-11(16)5-8-13(14)15(17)19/h5,8-10,12,18H,2-4,6-7,16H2,1H3,(H2,17,19). The van der Waals surface area contributed by atoms with Gasteiger partial charge >= 0.3 is 0 Å². The lowest BCUT2D eigenvalue weighted by Gasteiger charge is -2.29. The van der Waals surface area contributed by atoms with Crippen LogP contribution in [0.1, 0.15) is 49.4 Å². The number of carbonyl (C=O) groups is 1. The van der Waals surface area contributed by atoms with Crippen molar-refractivity contribution in [3.8, 4) is 0 Å². The number of anilines is 2. The maximum absolute atomic E-state index is 11.4. The van der Waals surface area contributed by atoms with Crippen molar-refractivity contribution >= 4 is 17.3 Å². The van der Waals surface area contributed by atoms with Gasteiger partial charge in [0, 0.05) is 17.4 Å². The van der Waals surface area contributed by atoms with E-state index in [1.54, 1.807) is 18.2 Å². The molecule has 0 heterocycles. The summed E-state index contributed by atoms with van der Waals surface area (Å²) in [5, 5.41) is 3.44. The van der Waals surface area contributed by atoms with Gasteiger partial charge in [0.05, 0.1) is 5.56 Å². The molecule has 1 saturated carbocycles. The van der Waals surface area contributed by atoms with Crippen LogP contribution in [0.4, 0.5) is 11.4 Å². The Morgan fingerprint density at radius 1 is 1.32 bits per heavy atom. The molecular weight excluding hydrogens is 238 g/mol. The highest BCUT2D eigenvalue weighted by molar-refractivity contribution is 5.99. The van der Waals surface area contributed by atoms with Crippen LogP contribution >= 0.6 is 0 Å². The number of nitrogens with two attached hydrogens (primary N) is 2. The normalized spacial score (nSPS) is 23.0. The van der Waals surface area contributed by atoms with E-state index < -0.39 is 5.91 Å². The van der Waals surface area contributed by atoms with E-state index >= 15 is 0 Å². The molecule has 0 spiro atoms. The number of nitrogen functional groups attached to an aromatic ring is 1. The first-order valence-electron chi connectivity index (χ1n) is 7.06. The third kappa shape index (κ3) is 3.40. The van der Waals surface area contributed by atoms with Crippen LogP contribution in [0.2, 0.25) is 0 Å². The fourth-order valence-electron chi connectivity index (χ4n) is 2.83. The van der Waals surface area contributed by atoms with Gasteiger partial charge in [0.15, 0.2) is 0 Å². The molecule has 0 aromatic heterocycles. The van der Waals surface area contributed by atoms with E-state index in [1.165, 1.54) is 19.3 Å². The summed E-state index contributed by atoms with van der Waals surface area (Å²) < 4.78 is 0. The van der Waals surface area contributed by atoms with Crippen molar-refractivity contribution in [1.82, 2.24) is 0 Å². The fraction of sp³-hybridized carbons (Fsp3) is 0.533. The molecule has 1 aliphatic carbocycles. The van der Waals surface area contributed by atoms with Gasteiger partial charge in [-0.3, -0.25) is 4.79 Å². The van der Waals surface area contributed by atoms with E-state index in [0.717, 1.165) is 24.4 Å². The lowest BCUT2D eigenvalue weighted by atomic mass is 9.84. The topological polar surface area (TPSA) is 81.1 Å². The van der Waals surface area contributed by atoms with Gasteiger partial charge < -0.3 is 16.8 Å². The summed E-state index contributed by atoms with van der Waals surface area (Å²) in [4.78, 5) is 11.4. The zero-order valence-corrected chi connectivity index (χ0v) is 11.5. The second-order valence-electron chi connectivity index (χ2n) is 5.44. The molecule has 0 atom stereocenters. The van der Waals surface area contributed by atoms with Gasteiger partial charge in [0.2, 0.25) is 0 Å². The van der Waals surface area contributed by atoms with E-state index in [4.69, 9.17) is 11.5 Å². The summed E-state index contributed by atoms with van der Waals surface area (Å²) in [6.45, 7) is 2.25. The van der Waals surface area contributed by atoms with Crippen molar-refractivity contribution in [2.45, 2.75) is 45.1 Å². The number of amides is 1. The zero-order chi connectivity index (χ0) is 13.8. The van der Waals surface area contributed by atoms with E-state index in [1.807, 2.05) is 0 Å². The smallest absolute Gasteiger partial charge is 0.250 e. The molecule has 1 aromatic carbocycles. The number of rotatable bonds is 4. The van der Waals surface area contributed by atoms with Crippen LogP contribution in [0.15, 0.2) is 18.2 Å². The van der Waals surface area contributed by atoms with Crippen LogP contribution in [0.3, 0.4) is 0 Å². The van der Waals surface area contributed by atoms with Gasteiger partial charge in [0.25, 0.3) is 5.91 Å². The number of hydrogen-bond acceptors (Lipinski definition) is 3. The third-order valence-corrected chi connectivity index (χ3v) is 4.09. The lowest BCUT2D eigenvalue weighted by Crippen LogP contribution is -2.27. The highest BCUT2D eigenvalue weighted by Gasteiger charge is 2.21. The molecule has 0 aliphatic heterocycles. The Morgan fingerprint density at radius 2 is 2.00 bits per heavy atom. The molecule has 0 saturated heterocycles. The lowest BCUT2D eigenvalue weighted by molar-refractivity contribution is 0.100. The third-order valence-electron chi connectivity index (χ3n) is 4.09. The Morgan fingerprint density at radius 3 is 2.58 bits per heavy atom. The van der Waals surface area contributed by atoms with Gasteiger partial charge in [-0.15, -0.1) is 0 Å². The van der Waals surface area contributed by atoms with Crippen molar-refractivity contribution in [1.29, 1.82) is 0 Å². The minimum absolute atomic E-state index is 0.412. The highest BCUT2D eigenvalue weighted by Crippen LogP contribution is 2.29. The first-order chi connectivity index (χ1) is 9.10. The zero-order valence-electron chi connectivity index (χ0n) is 11.5. The average Bonchev–Trinajstić information content (AvgIpc) is 2.39. The maximum atomic E-state index is 11.4. The first-order valence-corrected chi connectivity index (χ1v) is 7.06. The Labute approximate surface area is 114 Å². The van der Waals surface area contributed by atoms with Crippen molar-refractivity contribution in [2.75, 3.05) is 11.1 Å². The first kappa shape index (κ1) is 13.7. The Kier molecular flexibility index (Phi) is 4.30. The van der Waals surface area contributed by atoms with E-state index in [0.29, 0.717) is 17.3 Å². The predicted octanol–water partition coefficient (Wildman–Crippen LogP) is 2.75. The van der Waals surface area contributed by atoms with Crippen LogP contribution in [0.5, 0.6) is 0 Å².